The lowest BCUT2D eigenvalue weighted by Crippen LogP contribution is -2.68. The van der Waals surface area contributed by atoms with Gasteiger partial charge in [-0.15, -0.1) is 0 Å². The van der Waals surface area contributed by atoms with Crippen LogP contribution in [0.5, 0.6) is 0 Å². The van der Waals surface area contributed by atoms with Crippen LogP contribution in [0.15, 0.2) is 60.7 Å². The highest BCUT2D eigenvalue weighted by Gasteiger charge is 2.42. The van der Waals surface area contributed by atoms with Crippen LogP contribution in [0, 0.1) is 0 Å². The zero-order valence-electron chi connectivity index (χ0n) is 18.3. The molecule has 2 aromatic carbocycles. The van der Waals surface area contributed by atoms with Gasteiger partial charge in [-0.2, -0.15) is 0 Å². The lowest BCUT2D eigenvalue weighted by Gasteiger charge is -2.53. The van der Waals surface area contributed by atoms with Gasteiger partial charge in [0.2, 0.25) is 0 Å². The van der Waals surface area contributed by atoms with Crippen LogP contribution in [0.25, 0.3) is 0 Å². The van der Waals surface area contributed by atoms with Crippen LogP contribution >= 0.6 is 0 Å². The molecule has 2 atom stereocenters. The summed E-state index contributed by atoms with van der Waals surface area (Å²) in [6.45, 7) is 11.0. The molecule has 2 aliphatic rings. The molecule has 0 spiro atoms. The van der Waals surface area contributed by atoms with E-state index in [1.54, 1.807) is 0 Å². The third-order valence-corrected chi connectivity index (χ3v) is 5.85. The van der Waals surface area contributed by atoms with Crippen LogP contribution in [-0.4, -0.2) is 64.7 Å². The van der Waals surface area contributed by atoms with Crippen molar-refractivity contribution < 1.29 is 9.53 Å². The Morgan fingerprint density at radius 3 is 1.83 bits per heavy atom. The van der Waals surface area contributed by atoms with Gasteiger partial charge < -0.3 is 9.64 Å². The lowest BCUT2D eigenvalue weighted by atomic mass is 9.98. The Labute approximate surface area is 180 Å². The standard InChI is InChI=1S/C25H33N3O2/c1-25(2,3)30-24(29)27-18-22-16-26(14-20-10-6-4-7-11-20)17-23(19-27)28(22)15-21-12-8-5-9-13-21/h4-13,22-23H,14-19H2,1-3H3. The summed E-state index contributed by atoms with van der Waals surface area (Å²) in [4.78, 5) is 19.8. The number of amides is 1. The van der Waals surface area contributed by atoms with E-state index < -0.39 is 5.60 Å². The summed E-state index contributed by atoms with van der Waals surface area (Å²) in [5, 5.41) is 0. The molecule has 5 nitrogen and oxygen atoms in total. The quantitative estimate of drug-likeness (QED) is 0.768. The summed E-state index contributed by atoms with van der Waals surface area (Å²) in [5.74, 6) is 0. The Kier molecular flexibility index (Phi) is 6.11. The molecular weight excluding hydrogens is 374 g/mol. The Morgan fingerprint density at radius 1 is 0.833 bits per heavy atom. The van der Waals surface area contributed by atoms with Gasteiger partial charge in [0.05, 0.1) is 0 Å². The van der Waals surface area contributed by atoms with Gasteiger partial charge in [0.15, 0.2) is 0 Å². The maximum atomic E-state index is 12.8. The van der Waals surface area contributed by atoms with Crippen molar-refractivity contribution in [2.24, 2.45) is 0 Å². The van der Waals surface area contributed by atoms with E-state index in [4.69, 9.17) is 4.74 Å². The molecule has 2 bridgehead atoms. The molecular formula is C25H33N3O2. The second kappa shape index (κ2) is 8.78. The fourth-order valence-corrected chi connectivity index (χ4v) is 4.59. The lowest BCUT2D eigenvalue weighted by molar-refractivity contribution is -0.0586. The van der Waals surface area contributed by atoms with Crippen molar-refractivity contribution in [1.29, 1.82) is 0 Å². The number of ether oxygens (including phenoxy) is 1. The monoisotopic (exact) mass is 407 g/mol. The van der Waals surface area contributed by atoms with Crippen LogP contribution in [0.4, 0.5) is 4.79 Å². The average Bonchev–Trinajstić information content (AvgIpc) is 2.68. The molecule has 0 aromatic heterocycles. The minimum Gasteiger partial charge on any atom is -0.444 e. The fraction of sp³-hybridized carbons (Fsp3) is 0.480. The number of piperazine rings is 2. The van der Waals surface area contributed by atoms with Gasteiger partial charge in [-0.25, -0.2) is 4.79 Å². The van der Waals surface area contributed by atoms with Gasteiger partial charge in [-0.1, -0.05) is 60.7 Å². The molecule has 4 rings (SSSR count). The number of carbonyl (C=O) groups is 1. The van der Waals surface area contributed by atoms with Crippen molar-refractivity contribution in [3.63, 3.8) is 0 Å². The molecule has 2 unspecified atom stereocenters. The van der Waals surface area contributed by atoms with Crippen molar-refractivity contribution in [3.8, 4) is 0 Å². The fourth-order valence-electron chi connectivity index (χ4n) is 4.59. The highest BCUT2D eigenvalue weighted by Crippen LogP contribution is 2.27. The summed E-state index contributed by atoms with van der Waals surface area (Å²) in [5.41, 5.74) is 2.21. The minimum absolute atomic E-state index is 0.187. The molecule has 160 valence electrons. The third-order valence-electron chi connectivity index (χ3n) is 5.85. The van der Waals surface area contributed by atoms with Crippen LogP contribution < -0.4 is 0 Å². The highest BCUT2D eigenvalue weighted by molar-refractivity contribution is 5.68. The van der Waals surface area contributed by atoms with Crippen LogP contribution in [0.3, 0.4) is 0 Å². The van der Waals surface area contributed by atoms with E-state index in [0.29, 0.717) is 25.2 Å². The van der Waals surface area contributed by atoms with Crippen molar-refractivity contribution in [2.75, 3.05) is 26.2 Å². The summed E-state index contributed by atoms with van der Waals surface area (Å²) in [6, 6.07) is 21.9. The zero-order chi connectivity index (χ0) is 21.1. The van der Waals surface area contributed by atoms with Gasteiger partial charge in [-0.3, -0.25) is 9.80 Å². The molecule has 2 heterocycles. The summed E-state index contributed by atoms with van der Waals surface area (Å²) >= 11 is 0. The Bertz CT molecular complexity index is 818. The molecule has 0 radical (unpaired) electrons. The normalized spacial score (nSPS) is 22.7. The van der Waals surface area contributed by atoms with Crippen molar-refractivity contribution in [3.05, 3.63) is 71.8 Å². The maximum absolute atomic E-state index is 12.8. The van der Waals surface area contributed by atoms with Gasteiger partial charge in [-0.05, 0) is 31.9 Å². The van der Waals surface area contributed by atoms with Gasteiger partial charge >= 0.3 is 6.09 Å². The molecule has 2 aromatic rings. The molecule has 2 saturated heterocycles. The number of carbonyl (C=O) groups excluding carboxylic acids is 1. The van der Waals surface area contributed by atoms with E-state index in [9.17, 15) is 4.79 Å². The predicted octanol–water partition coefficient (Wildman–Crippen LogP) is 3.99. The number of hydrogen-bond acceptors (Lipinski definition) is 4. The first-order valence-corrected chi connectivity index (χ1v) is 10.9. The number of fused-ring (bicyclic) bond motifs is 2. The number of nitrogens with zero attached hydrogens (tertiary/aromatic N) is 3. The van der Waals surface area contributed by atoms with E-state index in [1.807, 2.05) is 25.7 Å². The van der Waals surface area contributed by atoms with Crippen molar-refractivity contribution in [1.82, 2.24) is 14.7 Å². The zero-order valence-corrected chi connectivity index (χ0v) is 18.3. The maximum Gasteiger partial charge on any atom is 0.410 e. The first-order chi connectivity index (χ1) is 14.4. The first kappa shape index (κ1) is 20.9. The van der Waals surface area contributed by atoms with E-state index in [-0.39, 0.29) is 6.09 Å². The molecule has 2 aliphatic heterocycles. The first-order valence-electron chi connectivity index (χ1n) is 10.9. The topological polar surface area (TPSA) is 36.0 Å². The van der Waals surface area contributed by atoms with Crippen molar-refractivity contribution >= 4 is 6.09 Å². The molecule has 0 saturated carbocycles. The second-order valence-electron chi connectivity index (χ2n) is 9.53. The second-order valence-corrected chi connectivity index (χ2v) is 9.53. The molecule has 5 heteroatoms. The van der Waals surface area contributed by atoms with Gasteiger partial charge in [0.25, 0.3) is 0 Å². The molecule has 0 N–H and O–H groups in total. The predicted molar refractivity (Wildman–Crippen MR) is 119 cm³/mol. The average molecular weight is 408 g/mol. The molecule has 0 aliphatic carbocycles. The molecule has 1 amide bonds. The van der Waals surface area contributed by atoms with Gasteiger partial charge in [0, 0.05) is 51.4 Å². The van der Waals surface area contributed by atoms with E-state index in [0.717, 1.165) is 26.2 Å². The summed E-state index contributed by atoms with van der Waals surface area (Å²) < 4.78 is 5.67. The summed E-state index contributed by atoms with van der Waals surface area (Å²) in [6.07, 6.45) is -0.187. The van der Waals surface area contributed by atoms with Crippen LogP contribution in [0.1, 0.15) is 31.9 Å². The number of rotatable bonds is 4. The van der Waals surface area contributed by atoms with E-state index in [1.165, 1.54) is 11.1 Å². The third kappa shape index (κ3) is 5.21. The molecule has 2 fully saturated rings. The van der Waals surface area contributed by atoms with Gasteiger partial charge in [0.1, 0.15) is 5.60 Å². The van der Waals surface area contributed by atoms with E-state index >= 15 is 0 Å². The molecule has 30 heavy (non-hydrogen) atoms. The van der Waals surface area contributed by atoms with Crippen LogP contribution in [0.2, 0.25) is 0 Å². The number of hydrogen-bond donors (Lipinski definition) is 0. The largest absolute Gasteiger partial charge is 0.444 e. The Morgan fingerprint density at radius 2 is 1.33 bits per heavy atom. The summed E-state index contributed by atoms with van der Waals surface area (Å²) in [7, 11) is 0. The minimum atomic E-state index is -0.466. The Balaban J connectivity index is 1.49. The smallest absolute Gasteiger partial charge is 0.410 e. The number of benzene rings is 2. The highest BCUT2D eigenvalue weighted by atomic mass is 16.6. The van der Waals surface area contributed by atoms with E-state index in [2.05, 4.69) is 70.5 Å². The van der Waals surface area contributed by atoms with Crippen molar-refractivity contribution in [2.45, 2.75) is 51.5 Å². The Hall–Kier alpha value is -2.37. The van der Waals surface area contributed by atoms with Crippen LogP contribution in [-0.2, 0) is 17.8 Å². The SMILES string of the molecule is CC(C)(C)OC(=O)N1CC2CN(Cc3ccccc3)CC(C1)N2Cc1ccccc1.